The number of carboxylic acid groups (broad SMARTS) is 1. The van der Waals surface area contributed by atoms with Gasteiger partial charge < -0.3 is 5.11 Å². The van der Waals surface area contributed by atoms with Gasteiger partial charge in [0.1, 0.15) is 4.60 Å². The summed E-state index contributed by atoms with van der Waals surface area (Å²) in [6, 6.07) is 4.81. The highest BCUT2D eigenvalue weighted by molar-refractivity contribution is 9.10. The predicted molar refractivity (Wildman–Crippen MR) is 48.7 cm³/mol. The van der Waals surface area contributed by atoms with Crippen LogP contribution in [0.5, 0.6) is 0 Å². The summed E-state index contributed by atoms with van der Waals surface area (Å²) in [7, 11) is 0. The van der Waals surface area contributed by atoms with E-state index in [1.165, 1.54) is 6.07 Å². The number of rotatable bonds is 2. The monoisotopic (exact) mass is 245 g/mol. The standard InChI is InChI=1S/C8H5BrFNO2/c9-7-3-1-2-5(11-7)4-6(10)8(12)13/h1-4H,(H,12,13)/b6-4-. The van der Waals surface area contributed by atoms with E-state index in [9.17, 15) is 9.18 Å². The summed E-state index contributed by atoms with van der Waals surface area (Å²) < 4.78 is 13.1. The second-order valence-corrected chi connectivity index (χ2v) is 3.00. The van der Waals surface area contributed by atoms with E-state index in [1.807, 2.05) is 0 Å². The molecule has 1 N–H and O–H groups in total. The van der Waals surface area contributed by atoms with Crippen LogP contribution in [0.4, 0.5) is 4.39 Å². The SMILES string of the molecule is O=C(O)/C(F)=C/c1cccc(Br)n1. The van der Waals surface area contributed by atoms with Gasteiger partial charge >= 0.3 is 5.97 Å². The molecule has 1 rings (SSSR count). The lowest BCUT2D eigenvalue weighted by molar-refractivity contribution is -0.134. The van der Waals surface area contributed by atoms with Crippen LogP contribution in [0.1, 0.15) is 5.69 Å². The number of halogens is 2. The molecule has 0 aliphatic rings. The third-order valence-corrected chi connectivity index (χ3v) is 1.66. The van der Waals surface area contributed by atoms with Crippen molar-refractivity contribution >= 4 is 28.0 Å². The van der Waals surface area contributed by atoms with Crippen molar-refractivity contribution in [3.63, 3.8) is 0 Å². The number of carbonyl (C=O) groups is 1. The minimum absolute atomic E-state index is 0.259. The van der Waals surface area contributed by atoms with Crippen LogP contribution < -0.4 is 0 Å². The number of hydrogen-bond acceptors (Lipinski definition) is 2. The van der Waals surface area contributed by atoms with E-state index in [0.29, 0.717) is 4.60 Å². The number of nitrogens with zero attached hydrogens (tertiary/aromatic N) is 1. The number of pyridine rings is 1. The van der Waals surface area contributed by atoms with Crippen LogP contribution in [0.15, 0.2) is 28.6 Å². The van der Waals surface area contributed by atoms with E-state index in [2.05, 4.69) is 20.9 Å². The Balaban J connectivity index is 2.97. The Morgan fingerprint density at radius 2 is 2.31 bits per heavy atom. The van der Waals surface area contributed by atoms with E-state index < -0.39 is 11.8 Å². The molecule has 0 bridgehead atoms. The summed E-state index contributed by atoms with van der Waals surface area (Å²) in [4.78, 5) is 13.9. The molecular formula is C8H5BrFNO2. The Bertz CT molecular complexity index is 365. The summed E-state index contributed by atoms with van der Waals surface area (Å²) in [5, 5.41) is 8.23. The van der Waals surface area contributed by atoms with E-state index in [0.717, 1.165) is 6.08 Å². The zero-order valence-corrected chi connectivity index (χ0v) is 7.95. The number of carboxylic acids is 1. The van der Waals surface area contributed by atoms with Crippen molar-refractivity contribution in [2.75, 3.05) is 0 Å². The fourth-order valence-electron chi connectivity index (χ4n) is 0.696. The number of hydrogen-bond donors (Lipinski definition) is 1. The van der Waals surface area contributed by atoms with Gasteiger partial charge in [-0.2, -0.15) is 4.39 Å². The first-order valence-corrected chi connectivity index (χ1v) is 4.12. The van der Waals surface area contributed by atoms with Crippen LogP contribution in [-0.2, 0) is 4.79 Å². The molecule has 1 heterocycles. The van der Waals surface area contributed by atoms with Crippen LogP contribution in [0.3, 0.4) is 0 Å². The average molecular weight is 246 g/mol. The molecule has 0 radical (unpaired) electrons. The summed E-state index contributed by atoms with van der Waals surface area (Å²) in [6.45, 7) is 0. The zero-order chi connectivity index (χ0) is 9.84. The van der Waals surface area contributed by atoms with Crippen LogP contribution in [-0.4, -0.2) is 16.1 Å². The van der Waals surface area contributed by atoms with Gasteiger partial charge in [0.05, 0.1) is 5.69 Å². The Morgan fingerprint density at radius 1 is 1.62 bits per heavy atom. The maximum absolute atomic E-state index is 12.5. The molecule has 0 amide bonds. The van der Waals surface area contributed by atoms with Gasteiger partial charge in [-0.25, -0.2) is 9.78 Å². The summed E-state index contributed by atoms with van der Waals surface area (Å²) in [6.07, 6.45) is 0.854. The predicted octanol–water partition coefficient (Wildman–Crippen LogP) is 2.24. The van der Waals surface area contributed by atoms with Crippen molar-refractivity contribution in [3.05, 3.63) is 34.3 Å². The van der Waals surface area contributed by atoms with Crippen molar-refractivity contribution in [1.82, 2.24) is 4.98 Å². The van der Waals surface area contributed by atoms with E-state index in [-0.39, 0.29) is 5.69 Å². The third kappa shape index (κ3) is 2.95. The molecule has 0 spiro atoms. The summed E-state index contributed by atoms with van der Waals surface area (Å²) in [5.41, 5.74) is 0.259. The van der Waals surface area contributed by atoms with Gasteiger partial charge in [-0.1, -0.05) is 6.07 Å². The molecule has 0 fully saturated rings. The minimum atomic E-state index is -1.60. The lowest BCUT2D eigenvalue weighted by atomic mass is 10.3. The second kappa shape index (κ2) is 4.13. The Kier molecular flexibility index (Phi) is 3.13. The molecule has 0 saturated carbocycles. The Hall–Kier alpha value is -1.23. The number of aromatic nitrogens is 1. The highest BCUT2D eigenvalue weighted by atomic mass is 79.9. The molecule has 0 saturated heterocycles. The van der Waals surface area contributed by atoms with Crippen LogP contribution in [0, 0.1) is 0 Å². The normalized spacial score (nSPS) is 11.4. The van der Waals surface area contributed by atoms with E-state index in [1.54, 1.807) is 12.1 Å². The summed E-state index contributed by atoms with van der Waals surface area (Å²) >= 11 is 3.08. The molecule has 1 aromatic heterocycles. The van der Waals surface area contributed by atoms with Gasteiger partial charge in [0, 0.05) is 6.08 Å². The molecule has 3 nitrogen and oxygen atoms in total. The van der Waals surface area contributed by atoms with Gasteiger partial charge in [-0.15, -0.1) is 0 Å². The molecule has 0 aliphatic carbocycles. The lowest BCUT2D eigenvalue weighted by Gasteiger charge is -1.93. The molecule has 5 heteroatoms. The van der Waals surface area contributed by atoms with Gasteiger partial charge in [0.2, 0.25) is 5.83 Å². The fraction of sp³-hybridized carbons (Fsp3) is 0. The Labute approximate surface area is 82.0 Å². The van der Waals surface area contributed by atoms with Crippen LogP contribution >= 0.6 is 15.9 Å². The number of aliphatic carboxylic acids is 1. The first kappa shape index (κ1) is 9.85. The molecule has 0 atom stereocenters. The van der Waals surface area contributed by atoms with Gasteiger partial charge in [0.15, 0.2) is 0 Å². The largest absolute Gasteiger partial charge is 0.476 e. The van der Waals surface area contributed by atoms with Gasteiger partial charge in [0.25, 0.3) is 0 Å². The first-order chi connectivity index (χ1) is 6.09. The lowest BCUT2D eigenvalue weighted by Crippen LogP contribution is -1.94. The second-order valence-electron chi connectivity index (χ2n) is 2.18. The molecule has 0 aliphatic heterocycles. The van der Waals surface area contributed by atoms with Crippen LogP contribution in [0.25, 0.3) is 6.08 Å². The third-order valence-electron chi connectivity index (χ3n) is 1.22. The van der Waals surface area contributed by atoms with Crippen molar-refractivity contribution in [2.45, 2.75) is 0 Å². The maximum Gasteiger partial charge on any atom is 0.364 e. The topological polar surface area (TPSA) is 50.2 Å². The van der Waals surface area contributed by atoms with Crippen molar-refractivity contribution in [3.8, 4) is 0 Å². The van der Waals surface area contributed by atoms with Crippen LogP contribution in [0.2, 0.25) is 0 Å². The van der Waals surface area contributed by atoms with Crippen molar-refractivity contribution in [1.29, 1.82) is 0 Å². The fourth-order valence-corrected chi connectivity index (χ4v) is 1.05. The average Bonchev–Trinajstić information content (AvgIpc) is 2.04. The maximum atomic E-state index is 12.5. The quantitative estimate of drug-likeness (QED) is 0.643. The smallest absolute Gasteiger partial charge is 0.364 e. The van der Waals surface area contributed by atoms with Crippen molar-refractivity contribution < 1.29 is 14.3 Å². The first-order valence-electron chi connectivity index (χ1n) is 3.32. The minimum Gasteiger partial charge on any atom is -0.476 e. The highest BCUT2D eigenvalue weighted by Gasteiger charge is 2.05. The molecule has 13 heavy (non-hydrogen) atoms. The van der Waals surface area contributed by atoms with Crippen molar-refractivity contribution in [2.24, 2.45) is 0 Å². The summed E-state index contributed by atoms with van der Waals surface area (Å²) in [5.74, 6) is -2.83. The molecule has 1 aromatic rings. The van der Waals surface area contributed by atoms with Gasteiger partial charge in [-0.3, -0.25) is 0 Å². The molecule has 68 valence electrons. The molecular weight excluding hydrogens is 241 g/mol. The van der Waals surface area contributed by atoms with Gasteiger partial charge in [-0.05, 0) is 28.1 Å². The Morgan fingerprint density at radius 3 is 2.85 bits per heavy atom. The highest BCUT2D eigenvalue weighted by Crippen LogP contribution is 2.10. The van der Waals surface area contributed by atoms with E-state index >= 15 is 0 Å². The zero-order valence-electron chi connectivity index (χ0n) is 6.37. The molecule has 0 aromatic carbocycles. The molecule has 0 unspecified atom stereocenters. The van der Waals surface area contributed by atoms with E-state index in [4.69, 9.17) is 5.11 Å².